The van der Waals surface area contributed by atoms with Crippen LogP contribution in [-0.2, 0) is 4.74 Å². The first-order valence-electron chi connectivity index (χ1n) is 10.8. The number of hydrogen-bond acceptors (Lipinski definition) is 6. The number of carbonyl (C=O) groups excluding carboxylic acids is 1. The maximum atomic E-state index is 14.7. The molecular weight excluding hydrogens is 437 g/mol. The SMILES string of the molecule is O=C(NCC1COC1)c1ccn2c(-c3nc(NC4CNCCC4F)c(F)cc3F)cnc2c1. The third-order valence-electron chi connectivity index (χ3n) is 5.93. The molecule has 2 unspecified atom stereocenters. The van der Waals surface area contributed by atoms with Crippen molar-refractivity contribution in [3.05, 3.63) is 47.8 Å². The zero-order valence-corrected chi connectivity index (χ0v) is 17.7. The van der Waals surface area contributed by atoms with Crippen molar-refractivity contribution in [1.29, 1.82) is 0 Å². The van der Waals surface area contributed by atoms with Gasteiger partial charge in [-0.25, -0.2) is 23.1 Å². The summed E-state index contributed by atoms with van der Waals surface area (Å²) in [5.74, 6) is -1.92. The lowest BCUT2D eigenvalue weighted by Gasteiger charge is -2.28. The molecule has 3 aromatic heterocycles. The molecule has 0 aliphatic carbocycles. The van der Waals surface area contributed by atoms with Crippen LogP contribution in [0.25, 0.3) is 17.0 Å². The van der Waals surface area contributed by atoms with Crippen molar-refractivity contribution < 1.29 is 22.7 Å². The summed E-state index contributed by atoms with van der Waals surface area (Å²) in [6.07, 6.45) is 2.11. The lowest BCUT2D eigenvalue weighted by Crippen LogP contribution is -2.46. The number of pyridine rings is 2. The number of anilines is 1. The molecule has 5 heterocycles. The van der Waals surface area contributed by atoms with E-state index >= 15 is 0 Å². The molecule has 2 saturated heterocycles. The summed E-state index contributed by atoms with van der Waals surface area (Å²) < 4.78 is 49.9. The molecule has 1 amide bonds. The average molecular weight is 460 g/mol. The van der Waals surface area contributed by atoms with E-state index in [0.29, 0.717) is 56.4 Å². The molecule has 0 saturated carbocycles. The van der Waals surface area contributed by atoms with E-state index in [9.17, 15) is 18.0 Å². The van der Waals surface area contributed by atoms with Gasteiger partial charge in [0.25, 0.3) is 5.91 Å². The van der Waals surface area contributed by atoms with Crippen LogP contribution < -0.4 is 16.0 Å². The second-order valence-corrected chi connectivity index (χ2v) is 8.31. The number of ether oxygens (including phenoxy) is 1. The minimum absolute atomic E-state index is 0.132. The smallest absolute Gasteiger partial charge is 0.251 e. The number of nitrogens with zero attached hydrogens (tertiary/aromatic N) is 3. The summed E-state index contributed by atoms with van der Waals surface area (Å²) >= 11 is 0. The van der Waals surface area contributed by atoms with E-state index in [-0.39, 0.29) is 23.1 Å². The van der Waals surface area contributed by atoms with Gasteiger partial charge in [-0.2, -0.15) is 0 Å². The molecule has 0 bridgehead atoms. The maximum Gasteiger partial charge on any atom is 0.251 e. The highest BCUT2D eigenvalue weighted by atomic mass is 19.1. The Morgan fingerprint density at radius 2 is 2.12 bits per heavy atom. The number of rotatable bonds is 6. The molecule has 0 spiro atoms. The Kier molecular flexibility index (Phi) is 5.90. The maximum absolute atomic E-state index is 14.7. The molecular formula is C22H23F3N6O2. The van der Waals surface area contributed by atoms with E-state index in [1.807, 2.05) is 0 Å². The summed E-state index contributed by atoms with van der Waals surface area (Å²) in [4.78, 5) is 20.8. The van der Waals surface area contributed by atoms with E-state index in [1.54, 1.807) is 22.7 Å². The number of hydrogen-bond donors (Lipinski definition) is 3. The molecule has 11 heteroatoms. The third-order valence-corrected chi connectivity index (χ3v) is 5.93. The molecule has 5 rings (SSSR count). The monoisotopic (exact) mass is 460 g/mol. The summed E-state index contributed by atoms with van der Waals surface area (Å²) in [6, 6.07) is 3.22. The fraction of sp³-hybridized carbons (Fsp3) is 0.409. The van der Waals surface area contributed by atoms with Gasteiger partial charge in [0.2, 0.25) is 0 Å². The number of aromatic nitrogens is 3. The van der Waals surface area contributed by atoms with Crippen LogP contribution in [0.1, 0.15) is 16.8 Å². The molecule has 174 valence electrons. The topological polar surface area (TPSA) is 92.6 Å². The average Bonchev–Trinajstić information content (AvgIpc) is 3.19. The molecule has 3 aromatic rings. The standard InChI is InChI=1S/C22H23F3N6O2/c23-14-1-3-26-8-17(14)29-21-16(25)6-15(24)20(30-21)18-9-27-19-5-13(2-4-31(18)19)22(32)28-7-12-10-33-11-12/h2,4-6,9,12,14,17,26H,1,3,7-8,10-11H2,(H,28,32)(H,29,30). The fourth-order valence-corrected chi connectivity index (χ4v) is 3.93. The summed E-state index contributed by atoms with van der Waals surface area (Å²) in [5, 5.41) is 8.65. The number of fused-ring (bicyclic) bond motifs is 1. The first-order chi connectivity index (χ1) is 16.0. The minimum Gasteiger partial charge on any atom is -0.381 e. The first kappa shape index (κ1) is 21.7. The first-order valence-corrected chi connectivity index (χ1v) is 10.8. The Morgan fingerprint density at radius 3 is 2.88 bits per heavy atom. The van der Waals surface area contributed by atoms with Crippen molar-refractivity contribution in [1.82, 2.24) is 25.0 Å². The van der Waals surface area contributed by atoms with Gasteiger partial charge in [-0.05, 0) is 25.1 Å². The Balaban J connectivity index is 1.40. The van der Waals surface area contributed by atoms with Gasteiger partial charge in [0.05, 0.1) is 31.1 Å². The minimum atomic E-state index is -1.17. The van der Waals surface area contributed by atoms with Gasteiger partial charge < -0.3 is 20.7 Å². The fourth-order valence-electron chi connectivity index (χ4n) is 3.93. The van der Waals surface area contributed by atoms with E-state index in [4.69, 9.17) is 4.74 Å². The van der Waals surface area contributed by atoms with E-state index in [2.05, 4.69) is 25.9 Å². The second kappa shape index (κ2) is 8.99. The van der Waals surface area contributed by atoms with Crippen molar-refractivity contribution >= 4 is 17.4 Å². The van der Waals surface area contributed by atoms with E-state index < -0.39 is 23.8 Å². The summed E-state index contributed by atoms with van der Waals surface area (Å²) in [6.45, 7) is 2.66. The Bertz CT molecular complexity index is 1180. The summed E-state index contributed by atoms with van der Waals surface area (Å²) in [7, 11) is 0. The number of carbonyl (C=O) groups is 1. The highest BCUT2D eigenvalue weighted by Gasteiger charge is 2.27. The van der Waals surface area contributed by atoms with Crippen molar-refractivity contribution in [3.8, 4) is 11.4 Å². The molecule has 2 aliphatic heterocycles. The zero-order valence-electron chi connectivity index (χ0n) is 17.7. The van der Waals surface area contributed by atoms with Gasteiger partial charge in [-0.15, -0.1) is 0 Å². The van der Waals surface area contributed by atoms with Crippen LogP contribution >= 0.6 is 0 Å². The number of amides is 1. The lowest BCUT2D eigenvalue weighted by molar-refractivity contribution is -0.0298. The van der Waals surface area contributed by atoms with Gasteiger partial charge in [0.15, 0.2) is 17.5 Å². The molecule has 0 aromatic carbocycles. The predicted molar refractivity (Wildman–Crippen MR) is 115 cm³/mol. The van der Waals surface area contributed by atoms with Crippen LogP contribution in [0.4, 0.5) is 19.0 Å². The van der Waals surface area contributed by atoms with Crippen LogP contribution in [-0.4, -0.2) is 65.3 Å². The molecule has 2 fully saturated rings. The summed E-state index contributed by atoms with van der Waals surface area (Å²) in [5.41, 5.74) is 0.967. The van der Waals surface area contributed by atoms with Gasteiger partial charge in [0, 0.05) is 36.8 Å². The molecule has 2 atom stereocenters. The molecule has 33 heavy (non-hydrogen) atoms. The highest BCUT2D eigenvalue weighted by molar-refractivity contribution is 5.95. The molecule has 0 radical (unpaired) electrons. The van der Waals surface area contributed by atoms with Crippen molar-refractivity contribution in [2.24, 2.45) is 5.92 Å². The largest absolute Gasteiger partial charge is 0.381 e. The second-order valence-electron chi connectivity index (χ2n) is 8.31. The number of piperidine rings is 1. The van der Waals surface area contributed by atoms with Crippen molar-refractivity contribution in [2.45, 2.75) is 18.6 Å². The number of halogens is 3. The lowest BCUT2D eigenvalue weighted by atomic mass is 10.1. The van der Waals surface area contributed by atoms with Crippen LogP contribution in [0.5, 0.6) is 0 Å². The highest BCUT2D eigenvalue weighted by Crippen LogP contribution is 2.27. The Labute approximate surface area is 187 Å². The zero-order chi connectivity index (χ0) is 22.9. The van der Waals surface area contributed by atoms with Crippen molar-refractivity contribution in [2.75, 3.05) is 38.2 Å². The van der Waals surface area contributed by atoms with Crippen molar-refractivity contribution in [3.63, 3.8) is 0 Å². The Morgan fingerprint density at radius 1 is 1.27 bits per heavy atom. The number of imidazole rings is 1. The van der Waals surface area contributed by atoms with Gasteiger partial charge >= 0.3 is 0 Å². The quantitative estimate of drug-likeness (QED) is 0.522. The van der Waals surface area contributed by atoms with Crippen LogP contribution in [0.3, 0.4) is 0 Å². The third kappa shape index (κ3) is 4.38. The Hall–Kier alpha value is -3.18. The number of alkyl halides is 1. The molecule has 8 nitrogen and oxygen atoms in total. The van der Waals surface area contributed by atoms with Gasteiger partial charge in [-0.3, -0.25) is 9.20 Å². The predicted octanol–water partition coefficient (Wildman–Crippen LogP) is 2.16. The van der Waals surface area contributed by atoms with Crippen LogP contribution in [0.2, 0.25) is 0 Å². The van der Waals surface area contributed by atoms with E-state index in [0.717, 1.165) is 6.07 Å². The van der Waals surface area contributed by atoms with Crippen LogP contribution in [0, 0.1) is 17.6 Å². The van der Waals surface area contributed by atoms with Gasteiger partial charge in [0.1, 0.15) is 17.5 Å². The number of nitrogens with one attached hydrogen (secondary N) is 3. The van der Waals surface area contributed by atoms with E-state index in [1.165, 1.54) is 6.20 Å². The van der Waals surface area contributed by atoms with Gasteiger partial charge in [-0.1, -0.05) is 0 Å². The normalized spacial score (nSPS) is 21.1. The molecule has 2 aliphatic rings. The molecule has 3 N–H and O–H groups in total. The van der Waals surface area contributed by atoms with Crippen LogP contribution in [0.15, 0.2) is 30.6 Å².